The van der Waals surface area contributed by atoms with Gasteiger partial charge in [0.05, 0.1) is 0 Å². The summed E-state index contributed by atoms with van der Waals surface area (Å²) in [5.74, 6) is 0. The van der Waals surface area contributed by atoms with E-state index in [1.165, 1.54) is 44.2 Å². The minimum atomic E-state index is -0.465. The van der Waals surface area contributed by atoms with Crippen molar-refractivity contribution in [2.24, 2.45) is 0 Å². The highest BCUT2D eigenvalue weighted by molar-refractivity contribution is 7.67. The summed E-state index contributed by atoms with van der Waals surface area (Å²) >= 11 is 0. The molecule has 0 bridgehead atoms. The van der Waals surface area contributed by atoms with E-state index in [0.717, 1.165) is 25.1 Å². The summed E-state index contributed by atoms with van der Waals surface area (Å²) in [6.45, 7) is 0. The zero-order valence-electron chi connectivity index (χ0n) is 24.8. The van der Waals surface area contributed by atoms with E-state index < -0.39 is 15.8 Å². The van der Waals surface area contributed by atoms with Crippen LogP contribution in [0.4, 0.5) is 11.4 Å². The van der Waals surface area contributed by atoms with Crippen LogP contribution in [-0.2, 0) is 0 Å². The normalized spacial score (nSPS) is 17.1. The molecule has 0 aliphatic carbocycles. The minimum Gasteiger partial charge on any atom is -0.363 e. The Hall–Kier alpha value is -4.22. The maximum atomic E-state index is 2.68. The van der Waals surface area contributed by atoms with Crippen LogP contribution in [0.2, 0.25) is 0 Å². The molecule has 1 aliphatic rings. The molecule has 6 aromatic rings. The van der Waals surface area contributed by atoms with Gasteiger partial charge in [0.1, 0.15) is 0 Å². The third-order valence-electron chi connectivity index (χ3n) is 8.29. The lowest BCUT2D eigenvalue weighted by atomic mass is 10.1. The fraction of sp³-hybridized carbons (Fsp3) is 0.100. The predicted molar refractivity (Wildman–Crippen MR) is 194 cm³/mol. The summed E-state index contributed by atoms with van der Waals surface area (Å²) in [4.78, 5) is 5.37. The van der Waals surface area contributed by atoms with E-state index >= 15 is 0 Å². The van der Waals surface area contributed by atoms with Gasteiger partial charge in [-0.15, -0.1) is 0 Å². The summed E-state index contributed by atoms with van der Waals surface area (Å²) in [7, 11) is -0.930. The maximum Gasteiger partial charge on any atom is 0.0438 e. The Labute approximate surface area is 264 Å². The molecule has 1 heterocycles. The Morgan fingerprint density at radius 3 is 0.886 bits per heavy atom. The zero-order valence-corrected chi connectivity index (χ0v) is 26.6. The lowest BCUT2D eigenvalue weighted by molar-refractivity contribution is 0.985. The molecule has 0 aromatic heterocycles. The van der Waals surface area contributed by atoms with Gasteiger partial charge in [-0.2, -0.15) is 0 Å². The molecule has 1 fully saturated rings. The second-order valence-electron chi connectivity index (χ2n) is 11.2. The molecule has 44 heavy (non-hydrogen) atoms. The average Bonchev–Trinajstić information content (AvgIpc) is 3.10. The van der Waals surface area contributed by atoms with Crippen molar-refractivity contribution in [1.82, 2.24) is 0 Å². The lowest BCUT2D eigenvalue weighted by Crippen LogP contribution is -2.38. The molecule has 2 nitrogen and oxygen atoms in total. The van der Waals surface area contributed by atoms with Crippen LogP contribution in [0.15, 0.2) is 170 Å². The smallest absolute Gasteiger partial charge is 0.0438 e. The largest absolute Gasteiger partial charge is 0.363 e. The van der Waals surface area contributed by atoms with Crippen molar-refractivity contribution in [3.05, 3.63) is 170 Å². The van der Waals surface area contributed by atoms with E-state index in [1.807, 2.05) is 0 Å². The van der Waals surface area contributed by atoms with Crippen LogP contribution in [0, 0.1) is 0 Å². The van der Waals surface area contributed by atoms with Gasteiger partial charge in [0, 0.05) is 36.5 Å². The summed E-state index contributed by atoms with van der Waals surface area (Å²) in [5.41, 5.74) is 7.69. The Balaban J connectivity index is 1.24. The quantitative estimate of drug-likeness (QED) is 0.174. The second-order valence-corrected chi connectivity index (χ2v) is 15.5. The molecular weight excluding hydrogens is 570 g/mol. The molecule has 4 heteroatoms. The molecule has 0 spiro atoms. The molecule has 0 unspecified atom stereocenters. The molecule has 1 aliphatic heterocycles. The predicted octanol–water partition coefficient (Wildman–Crippen LogP) is 9.79. The van der Waals surface area contributed by atoms with Crippen LogP contribution in [0.3, 0.4) is 0 Å². The van der Waals surface area contributed by atoms with Gasteiger partial charge in [-0.3, -0.25) is 0 Å². The van der Waals surface area contributed by atoms with Gasteiger partial charge in [-0.1, -0.05) is 146 Å². The molecule has 0 amide bonds. The summed E-state index contributed by atoms with van der Waals surface area (Å²) in [6.07, 6.45) is 4.14. The third kappa shape index (κ3) is 6.63. The van der Waals surface area contributed by atoms with Gasteiger partial charge in [-0.05, 0) is 73.0 Å². The van der Waals surface area contributed by atoms with Gasteiger partial charge in [0.2, 0.25) is 0 Å². The minimum absolute atomic E-state index is 0.465. The van der Waals surface area contributed by atoms with Gasteiger partial charge in [-0.25, -0.2) is 0 Å². The Kier molecular flexibility index (Phi) is 8.83. The van der Waals surface area contributed by atoms with Crippen molar-refractivity contribution >= 4 is 37.8 Å². The van der Waals surface area contributed by atoms with E-state index in [0.29, 0.717) is 0 Å². The zero-order chi connectivity index (χ0) is 29.6. The van der Waals surface area contributed by atoms with E-state index in [4.69, 9.17) is 0 Å². The summed E-state index contributed by atoms with van der Waals surface area (Å²) < 4.78 is 0. The van der Waals surface area contributed by atoms with Crippen molar-refractivity contribution in [2.75, 3.05) is 34.9 Å². The Morgan fingerprint density at radius 1 is 0.295 bits per heavy atom. The number of hydrogen-bond donors (Lipinski definition) is 0. The van der Waals surface area contributed by atoms with Crippen molar-refractivity contribution < 1.29 is 0 Å². The molecule has 6 aromatic carbocycles. The van der Waals surface area contributed by atoms with E-state index in [9.17, 15) is 0 Å². The molecule has 0 radical (unpaired) electrons. The van der Waals surface area contributed by atoms with Crippen LogP contribution in [0.1, 0.15) is 0 Å². The fourth-order valence-corrected chi connectivity index (χ4v) is 11.0. The van der Waals surface area contributed by atoms with Gasteiger partial charge in [0.15, 0.2) is 0 Å². The van der Waals surface area contributed by atoms with Gasteiger partial charge < -0.3 is 9.80 Å². The van der Waals surface area contributed by atoms with Crippen LogP contribution in [-0.4, -0.2) is 25.1 Å². The highest BCUT2D eigenvalue weighted by Crippen LogP contribution is 2.48. The third-order valence-corrected chi connectivity index (χ3v) is 13.1. The lowest BCUT2D eigenvalue weighted by Gasteiger charge is -2.41. The van der Waals surface area contributed by atoms with Crippen LogP contribution >= 0.6 is 15.8 Å². The average molecular weight is 607 g/mol. The van der Waals surface area contributed by atoms with Crippen molar-refractivity contribution in [3.63, 3.8) is 0 Å². The number of nitrogens with zero attached hydrogens (tertiary/aromatic N) is 2. The Bertz CT molecular complexity index is 1600. The number of rotatable bonds is 6. The summed E-state index contributed by atoms with van der Waals surface area (Å²) in [5, 5.41) is 2.93. The van der Waals surface area contributed by atoms with Crippen molar-refractivity contribution in [2.45, 2.75) is 0 Å². The molecule has 0 atom stereocenters. The first kappa shape index (κ1) is 28.5. The molecule has 1 saturated heterocycles. The standard InChI is InChI=1S/C40H36N2P2/c1-5-13-33(14-6-1)35-21-25-37(26-22-35)41-29-43(39-17-9-3-10-18-39)31-42(32-44(30-41)40-19-11-4-12-20-40)38-27-23-36(24-28-38)34-15-7-2-8-16-34/h1-28H,29-32H2. The SMILES string of the molecule is c1ccc(-c2ccc(N3CP(c4ccccc4)CN(c4ccc(-c5ccccc5)cc4)CP(c4ccccc4)C3)cc2)cc1. The monoisotopic (exact) mass is 606 g/mol. The number of benzene rings is 6. The molecule has 0 N–H and O–H groups in total. The van der Waals surface area contributed by atoms with Gasteiger partial charge >= 0.3 is 0 Å². The second kappa shape index (κ2) is 13.6. The molecular formula is C40H36N2P2. The van der Waals surface area contributed by atoms with Crippen LogP contribution < -0.4 is 20.4 Å². The first-order valence-electron chi connectivity index (χ1n) is 15.2. The highest BCUT2D eigenvalue weighted by atomic mass is 31.1. The fourth-order valence-electron chi connectivity index (χ4n) is 5.92. The van der Waals surface area contributed by atoms with Crippen LogP contribution in [0.5, 0.6) is 0 Å². The first-order valence-corrected chi connectivity index (χ1v) is 18.6. The number of anilines is 2. The van der Waals surface area contributed by atoms with Crippen LogP contribution in [0.25, 0.3) is 22.3 Å². The van der Waals surface area contributed by atoms with Crippen molar-refractivity contribution in [1.29, 1.82) is 0 Å². The van der Waals surface area contributed by atoms with Crippen molar-refractivity contribution in [3.8, 4) is 22.3 Å². The number of hydrogen-bond acceptors (Lipinski definition) is 2. The highest BCUT2D eigenvalue weighted by Gasteiger charge is 2.28. The summed E-state index contributed by atoms with van der Waals surface area (Å²) in [6, 6.07) is 62.3. The molecule has 7 rings (SSSR count). The van der Waals surface area contributed by atoms with E-state index in [-0.39, 0.29) is 0 Å². The molecule has 216 valence electrons. The van der Waals surface area contributed by atoms with Gasteiger partial charge in [0.25, 0.3) is 0 Å². The molecule has 0 saturated carbocycles. The maximum absolute atomic E-state index is 2.68. The first-order chi connectivity index (χ1) is 21.8. The Morgan fingerprint density at radius 2 is 0.568 bits per heavy atom. The topological polar surface area (TPSA) is 6.48 Å². The van der Waals surface area contributed by atoms with E-state index in [2.05, 4.69) is 180 Å². The van der Waals surface area contributed by atoms with E-state index in [1.54, 1.807) is 0 Å².